The number of nitrogens with one attached hydrogen (secondary N) is 1. The molecule has 3 rings (SSSR count). The van der Waals surface area contributed by atoms with Crippen LogP contribution in [0.25, 0.3) is 0 Å². The summed E-state index contributed by atoms with van der Waals surface area (Å²) in [4.78, 5) is 9.09. The molecule has 0 unspecified atom stereocenters. The molecule has 1 heterocycles. The van der Waals surface area contributed by atoms with Gasteiger partial charge in [0.1, 0.15) is 11.6 Å². The monoisotopic (exact) mass is 293 g/mol. The quantitative estimate of drug-likeness (QED) is 0.844. The van der Waals surface area contributed by atoms with E-state index in [2.05, 4.69) is 22.2 Å². The van der Waals surface area contributed by atoms with Gasteiger partial charge in [-0.3, -0.25) is 0 Å². The van der Waals surface area contributed by atoms with Gasteiger partial charge < -0.3 is 10.4 Å². The van der Waals surface area contributed by atoms with E-state index >= 15 is 0 Å². The zero-order valence-corrected chi connectivity index (χ0v) is 13.0. The Bertz CT molecular complexity index is 492. The van der Waals surface area contributed by atoms with Crippen molar-refractivity contribution in [1.29, 1.82) is 0 Å². The van der Waals surface area contributed by atoms with Crippen LogP contribution in [0.15, 0.2) is 6.07 Å². The third-order valence-electron chi connectivity index (χ3n) is 4.20. The fourth-order valence-electron chi connectivity index (χ4n) is 2.69. The summed E-state index contributed by atoms with van der Waals surface area (Å²) in [6.07, 6.45) is 4.42. The van der Waals surface area contributed by atoms with Gasteiger partial charge in [0.25, 0.3) is 0 Å². The molecule has 2 aliphatic rings. The first-order valence-corrected chi connectivity index (χ1v) is 8.59. The first-order valence-electron chi connectivity index (χ1n) is 7.54. The highest BCUT2D eigenvalue weighted by molar-refractivity contribution is 8.00. The Morgan fingerprint density at radius 3 is 2.80 bits per heavy atom. The molecule has 2 saturated carbocycles. The van der Waals surface area contributed by atoms with Crippen LogP contribution >= 0.6 is 11.8 Å². The molecular weight excluding hydrogens is 270 g/mol. The van der Waals surface area contributed by atoms with Crippen LogP contribution < -0.4 is 5.32 Å². The van der Waals surface area contributed by atoms with Crippen LogP contribution in [0.5, 0.6) is 0 Å². The largest absolute Gasteiger partial charge is 0.387 e. The van der Waals surface area contributed by atoms with Crippen LogP contribution in [0.2, 0.25) is 0 Å². The minimum Gasteiger partial charge on any atom is -0.387 e. The van der Waals surface area contributed by atoms with Gasteiger partial charge in [0.15, 0.2) is 0 Å². The van der Waals surface area contributed by atoms with Gasteiger partial charge in [-0.2, -0.15) is 11.8 Å². The lowest BCUT2D eigenvalue weighted by molar-refractivity contribution is -0.0120. The standard InChI is InChI=1S/C15H23N3OS/c1-3-20-12-6-7-15(12,19)9-16-13-8-10(2)17-14(18-13)11-4-5-11/h8,11-12,19H,3-7,9H2,1-2H3,(H,16,17,18)/t12-,15+/m0/s1. The second-order valence-corrected chi connectivity index (χ2v) is 7.45. The summed E-state index contributed by atoms with van der Waals surface area (Å²) < 4.78 is 0. The Balaban J connectivity index is 1.63. The molecule has 1 aromatic rings. The number of hydrogen-bond acceptors (Lipinski definition) is 5. The normalized spacial score (nSPS) is 29.1. The van der Waals surface area contributed by atoms with Crippen LogP contribution in [0.3, 0.4) is 0 Å². The summed E-state index contributed by atoms with van der Waals surface area (Å²) in [5, 5.41) is 14.3. The van der Waals surface area contributed by atoms with Crippen molar-refractivity contribution in [3.8, 4) is 0 Å². The molecule has 4 nitrogen and oxygen atoms in total. The van der Waals surface area contributed by atoms with Crippen molar-refractivity contribution in [3.05, 3.63) is 17.6 Å². The zero-order valence-electron chi connectivity index (χ0n) is 12.2. The van der Waals surface area contributed by atoms with E-state index in [1.165, 1.54) is 12.8 Å². The van der Waals surface area contributed by atoms with Crippen molar-refractivity contribution in [2.75, 3.05) is 17.6 Å². The molecule has 2 aliphatic carbocycles. The lowest BCUT2D eigenvalue weighted by Crippen LogP contribution is -2.54. The smallest absolute Gasteiger partial charge is 0.134 e. The maximum atomic E-state index is 10.6. The summed E-state index contributed by atoms with van der Waals surface area (Å²) in [5.74, 6) is 3.45. The van der Waals surface area contributed by atoms with E-state index in [4.69, 9.17) is 0 Å². The zero-order chi connectivity index (χ0) is 14.2. The van der Waals surface area contributed by atoms with Gasteiger partial charge in [-0.15, -0.1) is 0 Å². The molecule has 5 heteroatoms. The van der Waals surface area contributed by atoms with E-state index < -0.39 is 5.60 Å². The lowest BCUT2D eigenvalue weighted by Gasteiger charge is -2.45. The summed E-state index contributed by atoms with van der Waals surface area (Å²) in [7, 11) is 0. The van der Waals surface area contributed by atoms with E-state index in [0.717, 1.165) is 35.9 Å². The highest BCUT2D eigenvalue weighted by atomic mass is 32.2. The SMILES string of the molecule is CCS[C@H]1CC[C@@]1(O)CNc1cc(C)nc(C2CC2)n1. The van der Waals surface area contributed by atoms with Gasteiger partial charge in [0.2, 0.25) is 0 Å². The molecule has 2 N–H and O–H groups in total. The Labute approximate surface area is 124 Å². The molecule has 0 amide bonds. The minimum absolute atomic E-state index is 0.367. The van der Waals surface area contributed by atoms with Crippen LogP contribution in [-0.4, -0.2) is 38.2 Å². The molecular formula is C15H23N3OS. The Hall–Kier alpha value is -0.810. The van der Waals surface area contributed by atoms with Crippen molar-refractivity contribution < 1.29 is 5.11 Å². The van der Waals surface area contributed by atoms with E-state index in [-0.39, 0.29) is 0 Å². The molecule has 2 fully saturated rings. The van der Waals surface area contributed by atoms with E-state index in [9.17, 15) is 5.11 Å². The minimum atomic E-state index is -0.570. The lowest BCUT2D eigenvalue weighted by atomic mass is 9.79. The van der Waals surface area contributed by atoms with Gasteiger partial charge in [-0.1, -0.05) is 6.92 Å². The average Bonchev–Trinajstić information content (AvgIpc) is 3.25. The fraction of sp³-hybridized carbons (Fsp3) is 0.733. The van der Waals surface area contributed by atoms with E-state index in [0.29, 0.717) is 17.7 Å². The summed E-state index contributed by atoms with van der Waals surface area (Å²) in [6.45, 7) is 4.74. The van der Waals surface area contributed by atoms with Crippen LogP contribution in [0.1, 0.15) is 50.0 Å². The third kappa shape index (κ3) is 2.93. The van der Waals surface area contributed by atoms with Crippen LogP contribution in [0.4, 0.5) is 5.82 Å². The summed E-state index contributed by atoms with van der Waals surface area (Å²) in [6, 6.07) is 1.97. The first-order chi connectivity index (χ1) is 9.60. The Kier molecular flexibility index (Phi) is 3.91. The highest BCUT2D eigenvalue weighted by Crippen LogP contribution is 2.41. The van der Waals surface area contributed by atoms with Gasteiger partial charge in [-0.05, 0) is 38.4 Å². The van der Waals surface area contributed by atoms with Crippen LogP contribution in [0, 0.1) is 6.92 Å². The number of thioether (sulfide) groups is 1. The average molecular weight is 293 g/mol. The molecule has 110 valence electrons. The van der Waals surface area contributed by atoms with Gasteiger partial charge >= 0.3 is 0 Å². The van der Waals surface area contributed by atoms with E-state index in [1.54, 1.807) is 0 Å². The number of nitrogens with zero attached hydrogens (tertiary/aromatic N) is 2. The van der Waals surface area contributed by atoms with Crippen molar-refractivity contribution in [2.24, 2.45) is 0 Å². The molecule has 20 heavy (non-hydrogen) atoms. The second-order valence-electron chi connectivity index (χ2n) is 5.97. The predicted molar refractivity (Wildman–Crippen MR) is 83.3 cm³/mol. The second kappa shape index (κ2) is 5.53. The number of aryl methyl sites for hydroxylation is 1. The molecule has 1 aromatic heterocycles. The fourth-order valence-corrected chi connectivity index (χ4v) is 3.89. The van der Waals surface area contributed by atoms with Gasteiger partial charge in [0, 0.05) is 29.5 Å². The number of anilines is 1. The molecule has 0 aliphatic heterocycles. The Morgan fingerprint density at radius 2 is 2.20 bits per heavy atom. The third-order valence-corrected chi connectivity index (χ3v) is 5.61. The topological polar surface area (TPSA) is 58.0 Å². The summed E-state index contributed by atoms with van der Waals surface area (Å²) in [5.41, 5.74) is 0.434. The van der Waals surface area contributed by atoms with E-state index in [1.807, 2.05) is 24.8 Å². The van der Waals surface area contributed by atoms with Crippen molar-refractivity contribution in [1.82, 2.24) is 9.97 Å². The predicted octanol–water partition coefficient (Wildman–Crippen LogP) is 2.72. The molecule has 0 aromatic carbocycles. The number of aromatic nitrogens is 2. The summed E-state index contributed by atoms with van der Waals surface area (Å²) >= 11 is 1.86. The molecule has 0 saturated heterocycles. The molecule has 0 radical (unpaired) electrons. The number of rotatable bonds is 6. The van der Waals surface area contributed by atoms with Gasteiger partial charge in [-0.25, -0.2) is 9.97 Å². The van der Waals surface area contributed by atoms with Gasteiger partial charge in [0.05, 0.1) is 5.60 Å². The maximum Gasteiger partial charge on any atom is 0.134 e. The first kappa shape index (κ1) is 14.1. The van der Waals surface area contributed by atoms with Crippen molar-refractivity contribution in [3.63, 3.8) is 0 Å². The highest BCUT2D eigenvalue weighted by Gasteiger charge is 2.45. The number of hydrogen-bond donors (Lipinski definition) is 2. The number of aliphatic hydroxyl groups is 1. The van der Waals surface area contributed by atoms with Crippen LogP contribution in [-0.2, 0) is 0 Å². The molecule has 2 atom stereocenters. The Morgan fingerprint density at radius 1 is 1.40 bits per heavy atom. The van der Waals surface area contributed by atoms with Crippen molar-refractivity contribution >= 4 is 17.6 Å². The van der Waals surface area contributed by atoms with Crippen molar-refractivity contribution in [2.45, 2.75) is 56.3 Å². The maximum absolute atomic E-state index is 10.6. The molecule has 0 bridgehead atoms. The molecule has 0 spiro atoms.